The Hall–Kier alpha value is -2.37. The van der Waals surface area contributed by atoms with Gasteiger partial charge in [-0.15, -0.1) is 0 Å². The lowest BCUT2D eigenvalue weighted by Crippen LogP contribution is -2.36. The first-order valence-electron chi connectivity index (χ1n) is 9.61. The summed E-state index contributed by atoms with van der Waals surface area (Å²) in [5, 5.41) is 11.1. The summed E-state index contributed by atoms with van der Waals surface area (Å²) in [5.41, 5.74) is 4.63. The smallest absolute Gasteiger partial charge is 0.180 e. The summed E-state index contributed by atoms with van der Waals surface area (Å²) in [7, 11) is 0. The molecule has 0 fully saturated rings. The van der Waals surface area contributed by atoms with Gasteiger partial charge in [0.15, 0.2) is 17.5 Å². The number of nitrogens with zero attached hydrogens (tertiary/aromatic N) is 2. The quantitative estimate of drug-likeness (QED) is 0.684. The molecule has 0 saturated carbocycles. The Balaban J connectivity index is 1.82. The zero-order valence-corrected chi connectivity index (χ0v) is 16.1. The second-order valence-electron chi connectivity index (χ2n) is 7.16. The van der Waals surface area contributed by atoms with E-state index in [9.17, 15) is 5.11 Å². The third-order valence-corrected chi connectivity index (χ3v) is 5.35. The maximum Gasteiger partial charge on any atom is 0.180 e. The summed E-state index contributed by atoms with van der Waals surface area (Å²) in [6.45, 7) is 6.78. The highest BCUT2D eigenvalue weighted by Gasteiger charge is 2.40. The number of ether oxygens (including phenoxy) is 2. The maximum absolute atomic E-state index is 11.1. The molecule has 3 heterocycles. The number of hydrogen-bond donors (Lipinski definition) is 1. The van der Waals surface area contributed by atoms with Crippen molar-refractivity contribution in [2.24, 2.45) is 0 Å². The second kappa shape index (κ2) is 7.33. The summed E-state index contributed by atoms with van der Waals surface area (Å²) in [4.78, 5) is 4.71. The number of hydrogen-bond acceptors (Lipinski definition) is 4. The Morgan fingerprint density at radius 2 is 1.96 bits per heavy atom. The Morgan fingerprint density at radius 3 is 2.70 bits per heavy atom. The first-order chi connectivity index (χ1) is 13.1. The van der Waals surface area contributed by atoms with Crippen LogP contribution in [0, 0.1) is 13.8 Å². The van der Waals surface area contributed by atoms with E-state index in [1.807, 2.05) is 60.8 Å². The van der Waals surface area contributed by atoms with Crippen molar-refractivity contribution in [1.82, 2.24) is 9.38 Å². The molecule has 3 aromatic rings. The van der Waals surface area contributed by atoms with E-state index in [2.05, 4.69) is 6.92 Å². The van der Waals surface area contributed by atoms with Crippen LogP contribution in [-0.4, -0.2) is 27.2 Å². The molecule has 0 amide bonds. The number of unbranched alkanes of at least 4 members (excludes halogenated alkanes) is 1. The van der Waals surface area contributed by atoms with Crippen LogP contribution in [0.25, 0.3) is 5.65 Å². The van der Waals surface area contributed by atoms with Gasteiger partial charge in [-0.05, 0) is 31.9 Å². The second-order valence-corrected chi connectivity index (χ2v) is 7.16. The van der Waals surface area contributed by atoms with Gasteiger partial charge in [-0.2, -0.15) is 0 Å². The number of aliphatic hydroxyl groups excluding tert-OH is 1. The molecular formula is C22H26N2O3. The molecule has 0 bridgehead atoms. The van der Waals surface area contributed by atoms with Gasteiger partial charge in [-0.1, -0.05) is 43.7 Å². The Kier molecular flexibility index (Phi) is 4.89. The molecule has 0 spiro atoms. The number of rotatable bonds is 5. The fourth-order valence-corrected chi connectivity index (χ4v) is 3.66. The normalized spacial score (nSPS) is 21.9. The minimum Gasteiger partial charge on any atom is -0.479 e. The van der Waals surface area contributed by atoms with Crippen molar-refractivity contribution in [3.8, 4) is 5.75 Å². The molecule has 1 aromatic carbocycles. The zero-order valence-electron chi connectivity index (χ0n) is 16.1. The SMILES string of the molecule is CCCCO[C@H]1c2ccn3c(C)c(C)nc3c2O[C@H](c2ccccc2)[C@H]1O. The average Bonchev–Trinajstić information content (AvgIpc) is 2.98. The summed E-state index contributed by atoms with van der Waals surface area (Å²) >= 11 is 0. The highest BCUT2D eigenvalue weighted by molar-refractivity contribution is 5.62. The highest BCUT2D eigenvalue weighted by atomic mass is 16.5. The van der Waals surface area contributed by atoms with Crippen molar-refractivity contribution in [3.63, 3.8) is 0 Å². The molecule has 27 heavy (non-hydrogen) atoms. The summed E-state index contributed by atoms with van der Waals surface area (Å²) < 4.78 is 14.5. The number of aromatic nitrogens is 2. The fraction of sp³-hybridized carbons (Fsp3) is 0.409. The summed E-state index contributed by atoms with van der Waals surface area (Å²) in [6, 6.07) is 11.8. The molecular weight excluding hydrogens is 340 g/mol. The van der Waals surface area contributed by atoms with Gasteiger partial charge in [-0.25, -0.2) is 4.98 Å². The lowest BCUT2D eigenvalue weighted by molar-refractivity contribution is -0.102. The maximum atomic E-state index is 11.1. The van der Waals surface area contributed by atoms with E-state index in [0.717, 1.165) is 41.0 Å². The molecule has 3 atom stereocenters. The van der Waals surface area contributed by atoms with Crippen LogP contribution in [0.3, 0.4) is 0 Å². The van der Waals surface area contributed by atoms with Gasteiger partial charge in [-0.3, -0.25) is 0 Å². The molecule has 5 heteroatoms. The minimum atomic E-state index is -0.781. The van der Waals surface area contributed by atoms with Gasteiger partial charge >= 0.3 is 0 Å². The Bertz CT molecular complexity index is 936. The van der Waals surface area contributed by atoms with E-state index in [4.69, 9.17) is 14.5 Å². The number of pyridine rings is 1. The van der Waals surface area contributed by atoms with Crippen LogP contribution in [0.5, 0.6) is 5.75 Å². The standard InChI is InChI=1S/C22H26N2O3/c1-4-5-13-26-20-17-11-12-24-15(3)14(2)23-22(24)21(17)27-19(18(20)25)16-9-7-6-8-10-16/h6-12,18-20,25H,4-5,13H2,1-3H3/t18-,19-,20+/m1/s1. The predicted octanol–water partition coefficient (Wildman–Crippen LogP) is 4.30. The first kappa shape index (κ1) is 18.0. The first-order valence-corrected chi connectivity index (χ1v) is 9.61. The number of imidazole rings is 1. The van der Waals surface area contributed by atoms with Crippen molar-refractivity contribution >= 4 is 5.65 Å². The van der Waals surface area contributed by atoms with Crippen LogP contribution >= 0.6 is 0 Å². The molecule has 2 aromatic heterocycles. The third kappa shape index (κ3) is 3.11. The van der Waals surface area contributed by atoms with E-state index < -0.39 is 18.3 Å². The van der Waals surface area contributed by atoms with Crippen LogP contribution < -0.4 is 4.74 Å². The highest BCUT2D eigenvalue weighted by Crippen LogP contribution is 2.45. The molecule has 5 nitrogen and oxygen atoms in total. The van der Waals surface area contributed by atoms with E-state index in [1.54, 1.807) is 0 Å². The van der Waals surface area contributed by atoms with Gasteiger partial charge in [0.05, 0.1) is 5.69 Å². The molecule has 0 aliphatic carbocycles. The molecule has 142 valence electrons. The van der Waals surface area contributed by atoms with E-state index in [0.29, 0.717) is 12.4 Å². The van der Waals surface area contributed by atoms with Crippen LogP contribution in [0.15, 0.2) is 42.6 Å². The zero-order chi connectivity index (χ0) is 19.0. The molecule has 0 radical (unpaired) electrons. The van der Waals surface area contributed by atoms with Gasteiger partial charge in [0.2, 0.25) is 0 Å². The van der Waals surface area contributed by atoms with Gasteiger partial charge in [0, 0.05) is 24.1 Å². The number of benzene rings is 1. The Labute approximate surface area is 159 Å². The van der Waals surface area contributed by atoms with Gasteiger partial charge in [0.1, 0.15) is 12.2 Å². The summed E-state index contributed by atoms with van der Waals surface area (Å²) in [5.74, 6) is 0.703. The van der Waals surface area contributed by atoms with Gasteiger partial charge in [0.25, 0.3) is 0 Å². The van der Waals surface area contributed by atoms with Crippen LogP contribution in [0.2, 0.25) is 0 Å². The van der Waals surface area contributed by atoms with Crippen molar-refractivity contribution in [2.45, 2.75) is 51.9 Å². The number of fused-ring (bicyclic) bond motifs is 3. The topological polar surface area (TPSA) is 56.0 Å². The van der Waals surface area contributed by atoms with Crippen molar-refractivity contribution < 1.29 is 14.6 Å². The van der Waals surface area contributed by atoms with Crippen LogP contribution in [-0.2, 0) is 4.74 Å². The average molecular weight is 366 g/mol. The fourth-order valence-electron chi connectivity index (χ4n) is 3.66. The summed E-state index contributed by atoms with van der Waals surface area (Å²) in [6.07, 6.45) is 2.28. The number of aryl methyl sites for hydroxylation is 2. The molecule has 0 unspecified atom stereocenters. The van der Waals surface area contributed by atoms with E-state index in [-0.39, 0.29) is 0 Å². The lowest BCUT2D eigenvalue weighted by Gasteiger charge is -2.37. The molecule has 1 aliphatic heterocycles. The van der Waals surface area contributed by atoms with Crippen LogP contribution in [0.1, 0.15) is 54.5 Å². The lowest BCUT2D eigenvalue weighted by atomic mass is 9.92. The van der Waals surface area contributed by atoms with E-state index >= 15 is 0 Å². The predicted molar refractivity (Wildman–Crippen MR) is 104 cm³/mol. The monoisotopic (exact) mass is 366 g/mol. The van der Waals surface area contributed by atoms with Gasteiger partial charge < -0.3 is 19.0 Å². The van der Waals surface area contributed by atoms with Crippen LogP contribution in [0.4, 0.5) is 0 Å². The van der Waals surface area contributed by atoms with E-state index in [1.165, 1.54) is 0 Å². The Morgan fingerprint density at radius 1 is 1.19 bits per heavy atom. The van der Waals surface area contributed by atoms with Crippen molar-refractivity contribution in [3.05, 3.63) is 65.1 Å². The molecule has 4 rings (SSSR count). The van der Waals surface area contributed by atoms with Crippen molar-refractivity contribution in [1.29, 1.82) is 0 Å². The van der Waals surface area contributed by atoms with Crippen molar-refractivity contribution in [2.75, 3.05) is 6.61 Å². The minimum absolute atomic E-state index is 0.437. The molecule has 1 aliphatic rings. The largest absolute Gasteiger partial charge is 0.479 e. The molecule has 0 saturated heterocycles. The third-order valence-electron chi connectivity index (χ3n) is 5.35. The molecule has 1 N–H and O–H groups in total. The number of aliphatic hydroxyl groups is 1.